The van der Waals surface area contributed by atoms with Crippen LogP contribution in [0.15, 0.2) is 22.3 Å². The minimum Gasteiger partial charge on any atom is -0.454 e. The number of aromatic nitrogens is 2. The Hall–Kier alpha value is -1.99. The summed E-state index contributed by atoms with van der Waals surface area (Å²) in [5, 5.41) is 2.72. The van der Waals surface area contributed by atoms with E-state index in [0.29, 0.717) is 24.6 Å². The molecule has 3 aromatic heterocycles. The average molecular weight is 403 g/mol. The lowest BCUT2D eigenvalue weighted by Gasteiger charge is -2.17. The molecule has 0 radical (unpaired) electrons. The maximum absolute atomic E-state index is 12.7. The largest absolute Gasteiger partial charge is 0.454 e. The maximum Gasteiger partial charge on any atom is 0.306 e. The summed E-state index contributed by atoms with van der Waals surface area (Å²) in [4.78, 5) is 35.4. The SMILES string of the molecule is C[C@H]1CCc2c(sc3nc([C@@H](C)OC(=O)CCc4cccs4)[nH]c(=O)c23)C1. The number of rotatable bonds is 5. The van der Waals surface area contributed by atoms with Crippen molar-refractivity contribution in [2.45, 2.75) is 52.1 Å². The van der Waals surface area contributed by atoms with Crippen molar-refractivity contribution in [3.8, 4) is 0 Å². The number of carbonyl (C=O) groups excluding carboxylic acids is 1. The standard InChI is InChI=1S/C20H22N2O3S2/c1-11-5-7-14-15(10-11)27-20-17(14)19(24)21-18(22-20)12(2)25-16(23)8-6-13-4-3-9-26-13/h3-4,9,11-12H,5-8,10H2,1-2H3,(H,21,22,24)/t11-,12+/m0/s1. The van der Waals surface area contributed by atoms with Crippen LogP contribution in [0.5, 0.6) is 0 Å². The smallest absolute Gasteiger partial charge is 0.306 e. The fourth-order valence-electron chi connectivity index (χ4n) is 3.55. The molecule has 5 nitrogen and oxygen atoms in total. The first kappa shape index (κ1) is 18.4. The van der Waals surface area contributed by atoms with E-state index in [9.17, 15) is 9.59 Å². The quantitative estimate of drug-likeness (QED) is 0.642. The van der Waals surface area contributed by atoms with E-state index in [1.54, 1.807) is 29.6 Å². The summed E-state index contributed by atoms with van der Waals surface area (Å²) in [6.07, 6.45) is 3.48. The van der Waals surface area contributed by atoms with Crippen LogP contribution in [0, 0.1) is 5.92 Å². The molecule has 0 saturated heterocycles. The van der Waals surface area contributed by atoms with Gasteiger partial charge in [-0.05, 0) is 55.5 Å². The average Bonchev–Trinajstić information content (AvgIpc) is 3.26. The van der Waals surface area contributed by atoms with E-state index in [1.807, 2.05) is 17.5 Å². The highest BCUT2D eigenvalue weighted by Gasteiger charge is 2.24. The summed E-state index contributed by atoms with van der Waals surface area (Å²) >= 11 is 3.24. The molecular formula is C20H22N2O3S2. The van der Waals surface area contributed by atoms with E-state index in [2.05, 4.69) is 16.9 Å². The molecule has 0 fully saturated rings. The van der Waals surface area contributed by atoms with Gasteiger partial charge in [0.25, 0.3) is 5.56 Å². The molecule has 3 aromatic rings. The highest BCUT2D eigenvalue weighted by atomic mass is 32.1. The van der Waals surface area contributed by atoms with Crippen molar-refractivity contribution < 1.29 is 9.53 Å². The molecule has 0 aromatic carbocycles. The summed E-state index contributed by atoms with van der Waals surface area (Å²) < 4.78 is 5.50. The number of aryl methyl sites for hydroxylation is 2. The fourth-order valence-corrected chi connectivity index (χ4v) is 5.65. The van der Waals surface area contributed by atoms with Crippen LogP contribution in [-0.2, 0) is 28.8 Å². The molecule has 0 bridgehead atoms. The van der Waals surface area contributed by atoms with Gasteiger partial charge in [0, 0.05) is 9.75 Å². The minimum absolute atomic E-state index is 0.122. The van der Waals surface area contributed by atoms with E-state index in [-0.39, 0.29) is 11.5 Å². The Kier molecular flexibility index (Phi) is 5.14. The first-order valence-electron chi connectivity index (χ1n) is 9.27. The number of carbonyl (C=O) groups is 1. The number of fused-ring (bicyclic) bond motifs is 3. The fraction of sp³-hybridized carbons (Fsp3) is 0.450. The summed E-state index contributed by atoms with van der Waals surface area (Å²) in [5.74, 6) is 0.786. The summed E-state index contributed by atoms with van der Waals surface area (Å²) in [6.45, 7) is 4.00. The first-order chi connectivity index (χ1) is 13.0. The number of ether oxygens (including phenoxy) is 1. The van der Waals surface area contributed by atoms with Crippen LogP contribution in [0.25, 0.3) is 10.2 Å². The van der Waals surface area contributed by atoms with Gasteiger partial charge in [-0.2, -0.15) is 0 Å². The van der Waals surface area contributed by atoms with Gasteiger partial charge in [-0.1, -0.05) is 13.0 Å². The Morgan fingerprint density at radius 3 is 3.11 bits per heavy atom. The zero-order valence-electron chi connectivity index (χ0n) is 15.4. The lowest BCUT2D eigenvalue weighted by Crippen LogP contribution is -2.18. The topological polar surface area (TPSA) is 72.0 Å². The van der Waals surface area contributed by atoms with Gasteiger partial charge in [0.05, 0.1) is 11.8 Å². The van der Waals surface area contributed by atoms with Crippen LogP contribution < -0.4 is 5.56 Å². The second-order valence-electron chi connectivity index (χ2n) is 7.19. The van der Waals surface area contributed by atoms with Crippen molar-refractivity contribution in [1.29, 1.82) is 0 Å². The van der Waals surface area contributed by atoms with E-state index in [4.69, 9.17) is 4.74 Å². The predicted molar refractivity (Wildman–Crippen MR) is 109 cm³/mol. The Morgan fingerprint density at radius 1 is 1.48 bits per heavy atom. The van der Waals surface area contributed by atoms with Gasteiger partial charge in [0.2, 0.25) is 0 Å². The molecule has 0 amide bonds. The highest BCUT2D eigenvalue weighted by Crippen LogP contribution is 2.36. The number of esters is 1. The van der Waals surface area contributed by atoms with Crippen molar-refractivity contribution in [2.75, 3.05) is 0 Å². The maximum atomic E-state index is 12.7. The lowest BCUT2D eigenvalue weighted by atomic mass is 9.89. The molecular weight excluding hydrogens is 380 g/mol. The zero-order valence-corrected chi connectivity index (χ0v) is 17.0. The van der Waals surface area contributed by atoms with Crippen LogP contribution in [0.2, 0.25) is 0 Å². The zero-order chi connectivity index (χ0) is 19.0. The molecule has 0 unspecified atom stereocenters. The van der Waals surface area contributed by atoms with Crippen LogP contribution in [0.3, 0.4) is 0 Å². The van der Waals surface area contributed by atoms with Gasteiger partial charge in [-0.15, -0.1) is 22.7 Å². The van der Waals surface area contributed by atoms with Crippen molar-refractivity contribution in [1.82, 2.24) is 9.97 Å². The number of nitrogens with one attached hydrogen (secondary N) is 1. The molecule has 0 saturated carbocycles. The molecule has 142 valence electrons. The molecule has 0 aliphatic heterocycles. The van der Waals surface area contributed by atoms with Gasteiger partial charge in [0.1, 0.15) is 4.83 Å². The molecule has 3 heterocycles. The summed E-state index contributed by atoms with van der Waals surface area (Å²) in [7, 11) is 0. The third-order valence-corrected chi connectivity index (χ3v) is 7.12. The molecule has 1 aliphatic carbocycles. The number of thiophene rings is 2. The van der Waals surface area contributed by atoms with Gasteiger partial charge in [0.15, 0.2) is 11.9 Å². The van der Waals surface area contributed by atoms with Crippen LogP contribution in [-0.4, -0.2) is 15.9 Å². The molecule has 1 N–H and O–H groups in total. The number of hydrogen-bond acceptors (Lipinski definition) is 6. The Labute approximate surface area is 165 Å². The summed E-state index contributed by atoms with van der Waals surface area (Å²) in [5.41, 5.74) is 1.04. The van der Waals surface area contributed by atoms with E-state index < -0.39 is 6.10 Å². The van der Waals surface area contributed by atoms with Gasteiger partial charge in [-0.3, -0.25) is 9.59 Å². The highest BCUT2D eigenvalue weighted by molar-refractivity contribution is 7.18. The number of hydrogen-bond donors (Lipinski definition) is 1. The Bertz CT molecular complexity index is 1020. The third kappa shape index (κ3) is 3.84. The van der Waals surface area contributed by atoms with E-state index >= 15 is 0 Å². The van der Waals surface area contributed by atoms with E-state index in [0.717, 1.165) is 39.9 Å². The van der Waals surface area contributed by atoms with Crippen molar-refractivity contribution in [3.63, 3.8) is 0 Å². The molecule has 7 heteroatoms. The normalized spacial score (nSPS) is 17.6. The molecule has 4 rings (SSSR count). The monoisotopic (exact) mass is 402 g/mol. The van der Waals surface area contributed by atoms with Crippen LogP contribution in [0.4, 0.5) is 0 Å². The second-order valence-corrected chi connectivity index (χ2v) is 9.31. The van der Waals surface area contributed by atoms with E-state index in [1.165, 1.54) is 4.88 Å². The van der Waals surface area contributed by atoms with Gasteiger partial charge >= 0.3 is 5.97 Å². The Morgan fingerprint density at radius 2 is 2.33 bits per heavy atom. The van der Waals surface area contributed by atoms with Crippen molar-refractivity contribution in [2.24, 2.45) is 5.92 Å². The predicted octanol–water partition coefficient (Wildman–Crippen LogP) is 4.41. The molecule has 0 spiro atoms. The Balaban J connectivity index is 1.51. The molecule has 1 aliphatic rings. The minimum atomic E-state index is -0.573. The lowest BCUT2D eigenvalue weighted by molar-refractivity contribution is -0.148. The third-order valence-electron chi connectivity index (χ3n) is 5.03. The number of aromatic amines is 1. The molecule has 2 atom stereocenters. The first-order valence-corrected chi connectivity index (χ1v) is 11.0. The van der Waals surface area contributed by atoms with Crippen LogP contribution in [0.1, 0.15) is 53.9 Å². The second kappa shape index (κ2) is 7.56. The molecule has 27 heavy (non-hydrogen) atoms. The number of nitrogens with zero attached hydrogens (tertiary/aromatic N) is 1. The number of H-pyrrole nitrogens is 1. The van der Waals surface area contributed by atoms with Gasteiger partial charge in [-0.25, -0.2) is 4.98 Å². The van der Waals surface area contributed by atoms with Crippen molar-refractivity contribution in [3.05, 3.63) is 49.0 Å². The van der Waals surface area contributed by atoms with Crippen LogP contribution >= 0.6 is 22.7 Å². The summed E-state index contributed by atoms with van der Waals surface area (Å²) in [6, 6.07) is 3.98. The van der Waals surface area contributed by atoms with Crippen molar-refractivity contribution >= 4 is 38.9 Å². The van der Waals surface area contributed by atoms with Gasteiger partial charge < -0.3 is 9.72 Å².